The second-order valence-electron chi connectivity index (χ2n) is 27.7. The molecule has 27 heteroatoms. The lowest BCUT2D eigenvalue weighted by Crippen LogP contribution is -2.81. The number of phenols is 2. The van der Waals surface area contributed by atoms with E-state index in [1.165, 1.54) is 51.3 Å². The van der Waals surface area contributed by atoms with E-state index in [4.69, 9.17) is 43.6 Å². The lowest BCUT2D eigenvalue weighted by molar-refractivity contribution is -0.346. The number of aromatic hydroxyl groups is 2. The molecule has 27 nitrogen and oxygen atoms in total. The van der Waals surface area contributed by atoms with Crippen molar-refractivity contribution in [1.82, 2.24) is 5.32 Å². The summed E-state index contributed by atoms with van der Waals surface area (Å²) in [6, 6.07) is 18.3. The van der Waals surface area contributed by atoms with Crippen LogP contribution in [-0.2, 0) is 58.8 Å². The van der Waals surface area contributed by atoms with E-state index >= 15 is 0 Å². The van der Waals surface area contributed by atoms with Crippen molar-refractivity contribution >= 4 is 47.1 Å². The maximum absolute atomic E-state index is 14.9. The zero-order chi connectivity index (χ0) is 71.1. The third-order valence-electron chi connectivity index (χ3n) is 20.4. The molecule has 17 atom stereocenters. The molecule has 12 N–H and O–H groups in total. The molecule has 7 aliphatic rings. The Labute approximate surface area is 557 Å². The number of aliphatic hydroxyl groups excluding tert-OH is 5. The van der Waals surface area contributed by atoms with E-state index in [1.54, 1.807) is 90.1 Å². The fraction of sp³-hybridized carbons (Fsp3) is 0.514. The summed E-state index contributed by atoms with van der Waals surface area (Å²) in [5.74, 6) is -9.14. The van der Waals surface area contributed by atoms with Gasteiger partial charge in [-0.3, -0.25) is 24.0 Å². The Morgan fingerprint density at radius 1 is 0.825 bits per heavy atom. The SMILES string of the molecule is CC(=O)O[C@@]12CO[C@@H]1C[C@H](O)[C@@]1(C)C(=O)[C@H](O)C3=C(C)[C@@H](OC(=O)[C@H](O)[C@@H](NC(=O)OC(C)(C)C)c4ccccc4)C[C@@](O)([C@@H](OC(=O)c4ccccc4)[C@H]21)C3(C)C.COc1cccc2c1C(=O)c1c(O)c3c(c(O)c1C2=O)C[C@@](O)(C(=O)CO)C[C@@H]3O[C@H]1C[C@H](N)[C@@H](O)[C@H](C)O1. The number of methoxy groups -OCH3 is 1. The van der Waals surface area contributed by atoms with Gasteiger partial charge in [0.05, 0.1) is 77.8 Å². The molecule has 0 radical (unpaired) electrons. The van der Waals surface area contributed by atoms with Crippen molar-refractivity contribution in [3.63, 3.8) is 0 Å². The van der Waals surface area contributed by atoms with Crippen LogP contribution in [0, 0.1) is 16.7 Å². The highest BCUT2D eigenvalue weighted by atomic mass is 16.7. The number of ether oxygens (including phenoxy) is 8. The molecule has 0 spiro atoms. The summed E-state index contributed by atoms with van der Waals surface area (Å²) < 4.78 is 46.5. The Hall–Kier alpha value is -8.06. The van der Waals surface area contributed by atoms with Crippen molar-refractivity contribution in [2.45, 2.75) is 190 Å². The zero-order valence-corrected chi connectivity index (χ0v) is 55.1. The molecule has 4 fully saturated rings. The van der Waals surface area contributed by atoms with Crippen molar-refractivity contribution in [3.05, 3.63) is 135 Å². The normalized spacial score (nSPS) is 32.1. The number of hydrogen-bond donors (Lipinski definition) is 11. The maximum Gasteiger partial charge on any atom is 0.408 e. The van der Waals surface area contributed by atoms with Crippen LogP contribution in [-0.4, -0.2) is 197 Å². The van der Waals surface area contributed by atoms with E-state index in [0.717, 1.165) is 6.92 Å². The van der Waals surface area contributed by atoms with Crippen molar-refractivity contribution < 1.29 is 122 Å². The number of hydrogen-bond acceptors (Lipinski definition) is 26. The Kier molecular flexibility index (Phi) is 19.5. The number of carbonyl (C=O) groups excluding carboxylic acids is 8. The Bertz CT molecular complexity index is 3840. The first-order chi connectivity index (χ1) is 45.4. The number of Topliss-reactive ketones (excluding diaryl/α,β-unsaturated/α-hetero) is 2. The minimum atomic E-state index is -2.35. The van der Waals surface area contributed by atoms with Gasteiger partial charge < -0.3 is 94.9 Å². The molecular formula is C70H82N2O25. The molecular weight excluding hydrogens is 1270 g/mol. The molecule has 522 valence electrons. The molecule has 2 bridgehead atoms. The third-order valence-corrected chi connectivity index (χ3v) is 20.4. The lowest BCUT2D eigenvalue weighted by atomic mass is 9.44. The summed E-state index contributed by atoms with van der Waals surface area (Å²) in [6.45, 7) is 12.4. The predicted molar refractivity (Wildman–Crippen MR) is 335 cm³/mol. The molecule has 0 aromatic heterocycles. The summed E-state index contributed by atoms with van der Waals surface area (Å²) in [5.41, 5.74) is -5.76. The Balaban J connectivity index is 0.000000227. The molecule has 2 aliphatic heterocycles. The first-order valence-electron chi connectivity index (χ1n) is 31.7. The number of fused-ring (bicyclic) bond motifs is 8. The van der Waals surface area contributed by atoms with Gasteiger partial charge in [0.1, 0.15) is 65.1 Å². The average Bonchev–Trinajstić information content (AvgIpc) is 0.674. The molecule has 0 unspecified atom stereocenters. The second-order valence-corrected chi connectivity index (χ2v) is 27.7. The molecule has 2 heterocycles. The van der Waals surface area contributed by atoms with Crippen molar-refractivity contribution in [2.75, 3.05) is 20.3 Å². The number of rotatable bonds is 13. The van der Waals surface area contributed by atoms with Crippen molar-refractivity contribution in [2.24, 2.45) is 22.5 Å². The highest BCUT2D eigenvalue weighted by Gasteiger charge is 2.78. The second kappa shape index (κ2) is 26.3. The topological polar surface area (TPSA) is 431 Å². The summed E-state index contributed by atoms with van der Waals surface area (Å²) in [5, 5.41) is 105. The quantitative estimate of drug-likeness (QED) is 0.0349. The molecule has 4 aromatic carbocycles. The zero-order valence-electron chi connectivity index (χ0n) is 55.1. The number of nitrogens with two attached hydrogens (primary N) is 1. The van der Waals surface area contributed by atoms with Gasteiger partial charge in [-0.1, -0.05) is 74.5 Å². The van der Waals surface area contributed by atoms with E-state index in [-0.39, 0.29) is 64.2 Å². The summed E-state index contributed by atoms with van der Waals surface area (Å²) in [6.07, 6.45) is -16.6. The van der Waals surface area contributed by atoms with Gasteiger partial charge in [-0.2, -0.15) is 0 Å². The number of carbonyl (C=O) groups is 8. The van der Waals surface area contributed by atoms with Gasteiger partial charge in [-0.05, 0) is 76.5 Å². The van der Waals surface area contributed by atoms with Crippen LogP contribution in [0.4, 0.5) is 4.79 Å². The van der Waals surface area contributed by atoms with Crippen LogP contribution >= 0.6 is 0 Å². The number of phenolic OH excluding ortho intramolecular Hbond substituents is 2. The molecule has 2 saturated heterocycles. The minimum Gasteiger partial charge on any atom is -0.507 e. The highest BCUT2D eigenvalue weighted by Crippen LogP contribution is 2.64. The molecule has 11 rings (SSSR count). The lowest BCUT2D eigenvalue weighted by Gasteiger charge is -2.67. The number of nitrogens with one attached hydrogen (secondary N) is 1. The largest absolute Gasteiger partial charge is 0.507 e. The molecule has 5 aliphatic carbocycles. The van der Waals surface area contributed by atoms with Gasteiger partial charge in [0.2, 0.25) is 5.78 Å². The first-order valence-corrected chi connectivity index (χ1v) is 31.7. The third kappa shape index (κ3) is 12.3. The average molecular weight is 1350 g/mol. The van der Waals surface area contributed by atoms with Crippen LogP contribution in [0.2, 0.25) is 0 Å². The number of esters is 3. The smallest absolute Gasteiger partial charge is 0.408 e. The maximum atomic E-state index is 14.9. The van der Waals surface area contributed by atoms with E-state index in [0.29, 0.717) is 5.56 Å². The number of amides is 1. The van der Waals surface area contributed by atoms with Crippen LogP contribution in [0.15, 0.2) is 90.0 Å². The summed E-state index contributed by atoms with van der Waals surface area (Å²) >= 11 is 0. The van der Waals surface area contributed by atoms with E-state index < -0.39 is 208 Å². The summed E-state index contributed by atoms with van der Waals surface area (Å²) in [4.78, 5) is 109. The molecule has 4 aromatic rings. The van der Waals surface area contributed by atoms with Crippen LogP contribution in [0.3, 0.4) is 0 Å². The molecule has 97 heavy (non-hydrogen) atoms. The Morgan fingerprint density at radius 2 is 1.46 bits per heavy atom. The van der Waals surface area contributed by atoms with Crippen molar-refractivity contribution in [1.29, 1.82) is 0 Å². The number of benzene rings is 4. The standard InChI is InChI=1S/C43H53NO14.C27H29NO11/c1-22-26(55-37(51)32(48)30(24-15-11-9-12-16-24)44-38(52)58-39(3,4)5)20-43(53)35(56-36(50)25-17-13-10-14-18-25)33-41(8,34(49)31(47)29(22)40(43,6)7)27(46)19-28-42(33,21-54-28)57-23(2)45;1-10-22(31)13(28)6-17(38-10)39-15-8-27(36,16(30)9-29)7-12-19(15)26(35)21-20(24(12)33)23(32)11-4-3-5-14(37-2)18(11)25(21)34/h9-18,26-28,30-33,35,46-48,53H,19-21H2,1-8H3,(H,44,52);3-5,10,13,15,17,22,29,31,33,35-36H,6-9,28H2,1-2H3/t26-,27-,28+,30-,31+,32+,33-,35-,41+,42-,43+;10-,13-,15-,17-,22-,27-/m00/s1. The fourth-order valence-electron chi connectivity index (χ4n) is 15.3. The van der Waals surface area contributed by atoms with Gasteiger partial charge in [0.25, 0.3) is 0 Å². The van der Waals surface area contributed by atoms with Gasteiger partial charge >= 0.3 is 24.0 Å². The molecule has 1 amide bonds. The monoisotopic (exact) mass is 1350 g/mol. The minimum absolute atomic E-state index is 0.0173. The highest BCUT2D eigenvalue weighted by molar-refractivity contribution is 6.31. The van der Waals surface area contributed by atoms with Crippen LogP contribution in [0.25, 0.3) is 0 Å². The van der Waals surface area contributed by atoms with Gasteiger partial charge in [0, 0.05) is 67.2 Å². The Morgan fingerprint density at radius 3 is 2.05 bits per heavy atom. The van der Waals surface area contributed by atoms with Crippen LogP contribution < -0.4 is 15.8 Å². The number of aliphatic hydroxyl groups is 7. The summed E-state index contributed by atoms with van der Waals surface area (Å²) in [7, 11) is 1.32. The van der Waals surface area contributed by atoms with E-state index in [2.05, 4.69) is 5.32 Å². The van der Waals surface area contributed by atoms with Gasteiger partial charge in [-0.15, -0.1) is 0 Å². The number of ketones is 4. The van der Waals surface area contributed by atoms with Crippen molar-refractivity contribution in [3.8, 4) is 17.2 Å². The van der Waals surface area contributed by atoms with E-state index in [1.807, 2.05) is 0 Å². The van der Waals surface area contributed by atoms with E-state index in [9.17, 15) is 84.3 Å². The van der Waals surface area contributed by atoms with Gasteiger partial charge in [0.15, 0.2) is 35.3 Å². The first kappa shape index (κ1) is 71.7. The van der Waals surface area contributed by atoms with Gasteiger partial charge in [-0.25, -0.2) is 14.4 Å². The van der Waals surface area contributed by atoms with Crippen LogP contribution in [0.1, 0.15) is 159 Å². The predicted octanol–water partition coefficient (Wildman–Crippen LogP) is 3.26. The fourth-order valence-corrected chi connectivity index (χ4v) is 15.3. The number of alkyl carbamates (subject to hydrolysis) is 1. The van der Waals surface area contributed by atoms with Crippen LogP contribution in [0.5, 0.6) is 17.2 Å². The molecule has 2 saturated carbocycles.